The Kier molecular flexibility index (Phi) is 4.04. The molecule has 0 aliphatic carbocycles. The summed E-state index contributed by atoms with van der Waals surface area (Å²) in [7, 11) is 0. The molecule has 0 fully saturated rings. The summed E-state index contributed by atoms with van der Waals surface area (Å²) in [5.74, 6) is -0.171. The van der Waals surface area contributed by atoms with Crippen molar-refractivity contribution in [2.24, 2.45) is 0 Å². The van der Waals surface area contributed by atoms with Crippen LogP contribution in [0.1, 0.15) is 29.8 Å². The molecule has 1 unspecified atom stereocenters. The van der Waals surface area contributed by atoms with Crippen molar-refractivity contribution in [1.82, 2.24) is 10.2 Å². The molecule has 0 aliphatic heterocycles. The molecule has 0 aliphatic rings. The molecule has 1 heterocycles. The first-order valence-corrected chi connectivity index (χ1v) is 6.68. The summed E-state index contributed by atoms with van der Waals surface area (Å²) in [6.07, 6.45) is 0.758. The molecule has 2 aromatic rings. The molecule has 1 aromatic heterocycles. The highest BCUT2D eigenvalue weighted by Crippen LogP contribution is 2.22. The van der Waals surface area contributed by atoms with Crippen LogP contribution in [-0.4, -0.2) is 16.1 Å². The zero-order chi connectivity index (χ0) is 13.0. The highest BCUT2D eigenvalue weighted by atomic mass is 32.1. The molecule has 1 N–H and O–H groups in total. The van der Waals surface area contributed by atoms with Gasteiger partial charge in [-0.1, -0.05) is 48.6 Å². The van der Waals surface area contributed by atoms with Gasteiger partial charge in [0, 0.05) is 0 Å². The van der Waals surface area contributed by atoms with Crippen molar-refractivity contribution in [2.75, 3.05) is 5.32 Å². The van der Waals surface area contributed by atoms with Crippen molar-refractivity contribution < 1.29 is 4.79 Å². The molecule has 1 atom stereocenters. The Morgan fingerprint density at radius 3 is 2.61 bits per heavy atom. The average Bonchev–Trinajstić information content (AvgIpc) is 2.77. The average molecular weight is 261 g/mol. The number of amides is 1. The summed E-state index contributed by atoms with van der Waals surface area (Å²) in [6.45, 7) is 3.87. The second kappa shape index (κ2) is 5.73. The largest absolute Gasteiger partial charge is 0.300 e. The first-order chi connectivity index (χ1) is 8.70. The van der Waals surface area contributed by atoms with Gasteiger partial charge in [0.2, 0.25) is 11.0 Å². The van der Waals surface area contributed by atoms with Crippen LogP contribution in [0.3, 0.4) is 0 Å². The van der Waals surface area contributed by atoms with Crippen LogP contribution in [0.4, 0.5) is 5.13 Å². The van der Waals surface area contributed by atoms with Crippen molar-refractivity contribution in [3.05, 3.63) is 40.9 Å². The van der Waals surface area contributed by atoms with Crippen LogP contribution in [0.25, 0.3) is 0 Å². The zero-order valence-electron chi connectivity index (χ0n) is 10.4. The van der Waals surface area contributed by atoms with Gasteiger partial charge in [-0.2, -0.15) is 0 Å². The van der Waals surface area contributed by atoms with Crippen molar-refractivity contribution in [2.45, 2.75) is 26.2 Å². The minimum Gasteiger partial charge on any atom is -0.300 e. The normalized spacial score (nSPS) is 12.1. The number of nitrogens with one attached hydrogen (secondary N) is 1. The number of aryl methyl sites for hydroxylation is 1. The Morgan fingerprint density at radius 1 is 1.33 bits per heavy atom. The van der Waals surface area contributed by atoms with Gasteiger partial charge in [-0.25, -0.2) is 0 Å². The summed E-state index contributed by atoms with van der Waals surface area (Å²) in [5.41, 5.74) is 1.03. The van der Waals surface area contributed by atoms with Crippen LogP contribution in [0, 0.1) is 6.92 Å². The van der Waals surface area contributed by atoms with Crippen molar-refractivity contribution in [3.63, 3.8) is 0 Å². The Labute approximate surface area is 110 Å². The monoisotopic (exact) mass is 261 g/mol. The van der Waals surface area contributed by atoms with E-state index in [1.807, 2.05) is 44.2 Å². The van der Waals surface area contributed by atoms with Crippen molar-refractivity contribution in [1.29, 1.82) is 0 Å². The molecule has 0 spiro atoms. The Morgan fingerprint density at radius 2 is 2.06 bits per heavy atom. The van der Waals surface area contributed by atoms with E-state index in [4.69, 9.17) is 0 Å². The molecule has 5 heteroatoms. The van der Waals surface area contributed by atoms with Gasteiger partial charge in [0.15, 0.2) is 0 Å². The molecular weight excluding hydrogens is 246 g/mol. The van der Waals surface area contributed by atoms with Gasteiger partial charge in [-0.05, 0) is 18.9 Å². The fourth-order valence-electron chi connectivity index (χ4n) is 1.80. The first-order valence-electron chi connectivity index (χ1n) is 5.86. The number of nitrogens with zero attached hydrogens (tertiary/aromatic N) is 2. The smallest absolute Gasteiger partial charge is 0.233 e. The van der Waals surface area contributed by atoms with Gasteiger partial charge in [-0.15, -0.1) is 10.2 Å². The summed E-state index contributed by atoms with van der Waals surface area (Å²) < 4.78 is 0. The topological polar surface area (TPSA) is 54.9 Å². The second-order valence-electron chi connectivity index (χ2n) is 3.99. The van der Waals surface area contributed by atoms with Crippen LogP contribution in [0.2, 0.25) is 0 Å². The van der Waals surface area contributed by atoms with Gasteiger partial charge in [0.1, 0.15) is 5.01 Å². The Hall–Kier alpha value is -1.75. The van der Waals surface area contributed by atoms with E-state index in [9.17, 15) is 4.79 Å². The summed E-state index contributed by atoms with van der Waals surface area (Å²) in [6, 6.07) is 9.78. The maximum Gasteiger partial charge on any atom is 0.233 e. The second-order valence-corrected chi connectivity index (χ2v) is 5.17. The van der Waals surface area contributed by atoms with E-state index in [-0.39, 0.29) is 11.8 Å². The van der Waals surface area contributed by atoms with E-state index in [1.165, 1.54) is 11.3 Å². The molecule has 2 rings (SSSR count). The summed E-state index contributed by atoms with van der Waals surface area (Å²) >= 11 is 1.38. The van der Waals surface area contributed by atoms with Crippen LogP contribution in [0.5, 0.6) is 0 Å². The maximum atomic E-state index is 12.2. The molecule has 0 saturated carbocycles. The van der Waals surface area contributed by atoms with Crippen LogP contribution in [0.15, 0.2) is 30.3 Å². The van der Waals surface area contributed by atoms with Gasteiger partial charge < -0.3 is 0 Å². The van der Waals surface area contributed by atoms with Crippen LogP contribution in [-0.2, 0) is 4.79 Å². The lowest BCUT2D eigenvalue weighted by Gasteiger charge is -2.13. The standard InChI is InChI=1S/C13H15N3OS/c1-3-11(10-7-5-4-6-8-10)12(17)14-13-16-15-9(2)18-13/h4-8,11H,3H2,1-2H3,(H,14,16,17). The van der Waals surface area contributed by atoms with Gasteiger partial charge in [0.05, 0.1) is 5.92 Å². The van der Waals surface area contributed by atoms with E-state index >= 15 is 0 Å². The molecule has 0 saturated heterocycles. The Bertz CT molecular complexity index is 524. The number of carbonyl (C=O) groups excluding carboxylic acids is 1. The van der Waals surface area contributed by atoms with Gasteiger partial charge >= 0.3 is 0 Å². The number of hydrogen-bond donors (Lipinski definition) is 1. The number of hydrogen-bond acceptors (Lipinski definition) is 4. The van der Waals surface area contributed by atoms with E-state index in [2.05, 4.69) is 15.5 Å². The third-order valence-corrected chi connectivity index (χ3v) is 3.44. The molecule has 0 radical (unpaired) electrons. The number of carbonyl (C=O) groups is 1. The van der Waals surface area contributed by atoms with Crippen LogP contribution >= 0.6 is 11.3 Å². The lowest BCUT2D eigenvalue weighted by molar-refractivity contribution is -0.117. The zero-order valence-corrected chi connectivity index (χ0v) is 11.2. The number of rotatable bonds is 4. The van der Waals surface area contributed by atoms with Gasteiger partial charge in [0.25, 0.3) is 0 Å². The molecule has 4 nitrogen and oxygen atoms in total. The third-order valence-electron chi connectivity index (χ3n) is 2.68. The molecular formula is C13H15N3OS. The van der Waals surface area contributed by atoms with Gasteiger partial charge in [-0.3, -0.25) is 10.1 Å². The fraction of sp³-hybridized carbons (Fsp3) is 0.308. The minimum absolute atomic E-state index is 0.0279. The van der Waals surface area contributed by atoms with Crippen molar-refractivity contribution in [3.8, 4) is 0 Å². The molecule has 1 amide bonds. The summed E-state index contributed by atoms with van der Waals surface area (Å²) in [5, 5.41) is 12.0. The highest BCUT2D eigenvalue weighted by molar-refractivity contribution is 7.15. The SMILES string of the molecule is CCC(C(=O)Nc1nnc(C)s1)c1ccccc1. The van der Waals surface area contributed by atoms with E-state index in [0.29, 0.717) is 5.13 Å². The lowest BCUT2D eigenvalue weighted by Crippen LogP contribution is -2.20. The highest BCUT2D eigenvalue weighted by Gasteiger charge is 2.19. The van der Waals surface area contributed by atoms with Crippen molar-refractivity contribution >= 4 is 22.4 Å². The fourth-order valence-corrected chi connectivity index (χ4v) is 2.39. The van der Waals surface area contributed by atoms with E-state index in [1.54, 1.807) is 0 Å². The molecule has 0 bridgehead atoms. The molecule has 94 valence electrons. The quantitative estimate of drug-likeness (QED) is 0.920. The maximum absolute atomic E-state index is 12.2. The minimum atomic E-state index is -0.143. The number of anilines is 1. The number of aromatic nitrogens is 2. The molecule has 18 heavy (non-hydrogen) atoms. The molecule has 1 aromatic carbocycles. The predicted octanol–water partition coefficient (Wildman–Crippen LogP) is 2.98. The number of benzene rings is 1. The van der Waals surface area contributed by atoms with E-state index < -0.39 is 0 Å². The first kappa shape index (κ1) is 12.7. The summed E-state index contributed by atoms with van der Waals surface area (Å²) in [4.78, 5) is 12.2. The van der Waals surface area contributed by atoms with E-state index in [0.717, 1.165) is 17.0 Å². The third kappa shape index (κ3) is 2.92. The predicted molar refractivity (Wildman–Crippen MR) is 72.7 cm³/mol. The van der Waals surface area contributed by atoms with Crippen LogP contribution < -0.4 is 5.32 Å². The Balaban J connectivity index is 2.11. The lowest BCUT2D eigenvalue weighted by atomic mass is 9.96.